The van der Waals surface area contributed by atoms with Crippen LogP contribution in [0.1, 0.15) is 44.2 Å². The molecular weight excluding hydrogens is 452 g/mol. The summed E-state index contributed by atoms with van der Waals surface area (Å²) in [4.78, 5) is 36.8. The van der Waals surface area contributed by atoms with Gasteiger partial charge in [-0.1, -0.05) is 48.5 Å². The standard InChI is InChI=1S/C26H32N2O7/c1-26(2,3)35-15-22(23(30)27-21(12-13-29)24(31)32)28-25(33)34-14-20-18-10-6-4-8-16(18)17-9-5-7-11-19(17)20/h4-11,20-22,29H,12-15H2,1-3H3,(H,27,30)(H,28,33)(H,31,32)/t21-,22+/m1/s1. The molecule has 2 amide bonds. The predicted octanol–water partition coefficient (Wildman–Crippen LogP) is 2.66. The SMILES string of the molecule is CC(C)(C)OC[C@H](NC(=O)OCC1c2ccccc2-c2ccccc21)C(=O)N[C@H](CCO)C(=O)O. The molecule has 0 bridgehead atoms. The van der Waals surface area contributed by atoms with Gasteiger partial charge in [0, 0.05) is 18.9 Å². The van der Waals surface area contributed by atoms with E-state index in [0.717, 1.165) is 22.3 Å². The highest BCUT2D eigenvalue weighted by atomic mass is 16.5. The third-order valence-corrected chi connectivity index (χ3v) is 5.67. The number of nitrogens with one attached hydrogen (secondary N) is 2. The zero-order chi connectivity index (χ0) is 25.6. The van der Waals surface area contributed by atoms with Crippen molar-refractivity contribution in [3.05, 3.63) is 59.7 Å². The van der Waals surface area contributed by atoms with Crippen LogP contribution in [0.25, 0.3) is 11.1 Å². The number of aliphatic hydroxyl groups excluding tert-OH is 1. The molecule has 35 heavy (non-hydrogen) atoms. The summed E-state index contributed by atoms with van der Waals surface area (Å²) in [5.74, 6) is -2.18. The van der Waals surface area contributed by atoms with Crippen molar-refractivity contribution < 1.29 is 34.1 Å². The minimum atomic E-state index is -1.30. The van der Waals surface area contributed by atoms with Crippen molar-refractivity contribution >= 4 is 18.0 Å². The van der Waals surface area contributed by atoms with Crippen LogP contribution in [0.3, 0.4) is 0 Å². The van der Waals surface area contributed by atoms with Gasteiger partial charge in [0.05, 0.1) is 12.2 Å². The number of hydrogen-bond donors (Lipinski definition) is 4. The molecule has 0 fully saturated rings. The summed E-state index contributed by atoms with van der Waals surface area (Å²) >= 11 is 0. The van der Waals surface area contributed by atoms with E-state index in [1.54, 1.807) is 20.8 Å². The number of carbonyl (C=O) groups excluding carboxylic acids is 2. The third kappa shape index (κ3) is 6.80. The number of benzene rings is 2. The van der Waals surface area contributed by atoms with Crippen LogP contribution in [0, 0.1) is 0 Å². The number of carboxylic acid groups (broad SMARTS) is 1. The highest BCUT2D eigenvalue weighted by Crippen LogP contribution is 2.44. The molecule has 0 unspecified atom stereocenters. The van der Waals surface area contributed by atoms with Gasteiger partial charge in [-0.15, -0.1) is 0 Å². The Morgan fingerprint density at radius 1 is 0.943 bits per heavy atom. The molecule has 1 aliphatic rings. The Morgan fingerprint density at radius 2 is 1.51 bits per heavy atom. The average Bonchev–Trinajstić information content (AvgIpc) is 3.13. The van der Waals surface area contributed by atoms with Crippen molar-refractivity contribution in [2.24, 2.45) is 0 Å². The predicted molar refractivity (Wildman–Crippen MR) is 129 cm³/mol. The second-order valence-electron chi connectivity index (χ2n) is 9.36. The van der Waals surface area contributed by atoms with Crippen molar-refractivity contribution in [3.8, 4) is 11.1 Å². The summed E-state index contributed by atoms with van der Waals surface area (Å²) in [6.45, 7) is 4.84. The first-order valence-corrected chi connectivity index (χ1v) is 11.5. The van der Waals surface area contributed by atoms with Crippen LogP contribution < -0.4 is 10.6 Å². The molecule has 0 spiro atoms. The fourth-order valence-corrected chi connectivity index (χ4v) is 3.96. The molecule has 2 aromatic rings. The first kappa shape index (κ1) is 26.2. The highest BCUT2D eigenvalue weighted by Gasteiger charge is 2.31. The van der Waals surface area contributed by atoms with Crippen LogP contribution in [-0.4, -0.2) is 65.7 Å². The molecular formula is C26H32N2O7. The number of alkyl carbamates (subject to hydrolysis) is 1. The number of amides is 2. The number of aliphatic carboxylic acids is 1. The van der Waals surface area contributed by atoms with Gasteiger partial charge in [-0.25, -0.2) is 9.59 Å². The van der Waals surface area contributed by atoms with E-state index in [2.05, 4.69) is 10.6 Å². The lowest BCUT2D eigenvalue weighted by atomic mass is 9.98. The first-order chi connectivity index (χ1) is 16.6. The molecule has 0 saturated carbocycles. The Labute approximate surface area is 204 Å². The van der Waals surface area contributed by atoms with Gasteiger partial charge in [0.15, 0.2) is 0 Å². The topological polar surface area (TPSA) is 134 Å². The number of hydrogen-bond acceptors (Lipinski definition) is 6. The van der Waals surface area contributed by atoms with Crippen molar-refractivity contribution in [1.29, 1.82) is 0 Å². The maximum Gasteiger partial charge on any atom is 0.407 e. The van der Waals surface area contributed by atoms with Crippen LogP contribution >= 0.6 is 0 Å². The number of fused-ring (bicyclic) bond motifs is 3. The van der Waals surface area contributed by atoms with E-state index in [-0.39, 0.29) is 25.6 Å². The lowest BCUT2D eigenvalue weighted by molar-refractivity contribution is -0.143. The van der Waals surface area contributed by atoms with Gasteiger partial charge in [-0.05, 0) is 43.0 Å². The molecule has 9 heteroatoms. The number of carbonyl (C=O) groups is 3. The molecule has 2 aromatic carbocycles. The monoisotopic (exact) mass is 484 g/mol. The third-order valence-electron chi connectivity index (χ3n) is 5.67. The largest absolute Gasteiger partial charge is 0.480 e. The number of rotatable bonds is 10. The van der Waals surface area contributed by atoms with Crippen LogP contribution in [0.2, 0.25) is 0 Å². The highest BCUT2D eigenvalue weighted by molar-refractivity contribution is 5.89. The van der Waals surface area contributed by atoms with Crippen molar-refractivity contribution in [2.75, 3.05) is 19.8 Å². The van der Waals surface area contributed by atoms with Crippen LogP contribution in [0.15, 0.2) is 48.5 Å². The van der Waals surface area contributed by atoms with Gasteiger partial charge in [0.1, 0.15) is 18.7 Å². The normalized spacial score (nSPS) is 14.4. The molecule has 4 N–H and O–H groups in total. The Hall–Kier alpha value is -3.43. The van der Waals surface area contributed by atoms with E-state index >= 15 is 0 Å². The molecule has 0 saturated heterocycles. The quantitative estimate of drug-likeness (QED) is 0.407. The van der Waals surface area contributed by atoms with Crippen molar-refractivity contribution in [3.63, 3.8) is 0 Å². The van der Waals surface area contributed by atoms with Crippen molar-refractivity contribution in [1.82, 2.24) is 10.6 Å². The van der Waals surface area contributed by atoms with E-state index < -0.39 is 42.3 Å². The first-order valence-electron chi connectivity index (χ1n) is 11.5. The Kier molecular flexibility index (Phi) is 8.48. The maximum absolute atomic E-state index is 12.8. The summed E-state index contributed by atoms with van der Waals surface area (Å²) in [5.41, 5.74) is 3.70. The minimum Gasteiger partial charge on any atom is -0.480 e. The molecule has 0 aromatic heterocycles. The van der Waals surface area contributed by atoms with E-state index in [9.17, 15) is 19.5 Å². The summed E-state index contributed by atoms with van der Waals surface area (Å²) in [6, 6.07) is 13.4. The molecule has 2 atom stereocenters. The smallest absolute Gasteiger partial charge is 0.407 e. The van der Waals surface area contributed by atoms with Crippen LogP contribution in [0.5, 0.6) is 0 Å². The molecule has 0 heterocycles. The summed E-state index contributed by atoms with van der Waals surface area (Å²) in [6.07, 6.45) is -0.989. The summed E-state index contributed by atoms with van der Waals surface area (Å²) in [7, 11) is 0. The average molecular weight is 485 g/mol. The van der Waals surface area contributed by atoms with Gasteiger partial charge < -0.3 is 30.3 Å². The second-order valence-corrected chi connectivity index (χ2v) is 9.36. The fraction of sp³-hybridized carbons (Fsp3) is 0.423. The molecule has 1 aliphatic carbocycles. The lowest BCUT2D eigenvalue weighted by Crippen LogP contribution is -2.54. The van der Waals surface area contributed by atoms with Gasteiger partial charge in [-0.2, -0.15) is 0 Å². The van der Waals surface area contributed by atoms with Gasteiger partial charge in [0.2, 0.25) is 5.91 Å². The van der Waals surface area contributed by atoms with Crippen LogP contribution in [0.4, 0.5) is 4.79 Å². The summed E-state index contributed by atoms with van der Waals surface area (Å²) in [5, 5.41) is 23.2. The summed E-state index contributed by atoms with van der Waals surface area (Å²) < 4.78 is 11.2. The second kappa shape index (κ2) is 11.3. The Bertz CT molecular complexity index is 1020. The fourth-order valence-electron chi connectivity index (χ4n) is 3.96. The number of ether oxygens (including phenoxy) is 2. The lowest BCUT2D eigenvalue weighted by Gasteiger charge is -2.25. The van der Waals surface area contributed by atoms with E-state index in [1.807, 2.05) is 48.5 Å². The van der Waals surface area contributed by atoms with Gasteiger partial charge in [0.25, 0.3) is 0 Å². The Morgan fingerprint density at radius 3 is 2.03 bits per heavy atom. The van der Waals surface area contributed by atoms with Gasteiger partial charge >= 0.3 is 12.1 Å². The Balaban J connectivity index is 1.68. The molecule has 3 rings (SSSR count). The van der Waals surface area contributed by atoms with Crippen LogP contribution in [-0.2, 0) is 19.1 Å². The van der Waals surface area contributed by atoms with Gasteiger partial charge in [-0.3, -0.25) is 4.79 Å². The molecule has 9 nitrogen and oxygen atoms in total. The van der Waals surface area contributed by atoms with E-state index in [1.165, 1.54) is 0 Å². The zero-order valence-electron chi connectivity index (χ0n) is 20.1. The number of carboxylic acids is 1. The molecule has 0 aliphatic heterocycles. The number of aliphatic hydroxyl groups is 1. The van der Waals surface area contributed by atoms with Crippen molar-refractivity contribution in [2.45, 2.75) is 50.8 Å². The van der Waals surface area contributed by atoms with E-state index in [4.69, 9.17) is 14.6 Å². The maximum atomic E-state index is 12.8. The molecule has 188 valence electrons. The molecule has 0 radical (unpaired) electrons. The minimum absolute atomic E-state index is 0.0661. The van der Waals surface area contributed by atoms with E-state index in [0.29, 0.717) is 0 Å². The zero-order valence-corrected chi connectivity index (χ0v) is 20.1.